The van der Waals surface area contributed by atoms with Crippen molar-refractivity contribution in [2.24, 2.45) is 0 Å². The Balaban J connectivity index is 2.24. The molecule has 2 N–H and O–H groups in total. The van der Waals surface area contributed by atoms with Crippen LogP contribution in [0.4, 0.5) is 10.1 Å². The van der Waals surface area contributed by atoms with Gasteiger partial charge in [-0.25, -0.2) is 17.5 Å². The van der Waals surface area contributed by atoms with E-state index >= 15 is 0 Å². The maximum atomic E-state index is 13.7. The van der Waals surface area contributed by atoms with Crippen molar-refractivity contribution in [3.8, 4) is 0 Å². The monoisotopic (exact) mass is 344 g/mol. The molecule has 0 aliphatic carbocycles. The third kappa shape index (κ3) is 4.89. The second-order valence-electron chi connectivity index (χ2n) is 6.08. The first kappa shape index (κ1) is 18.2. The van der Waals surface area contributed by atoms with Crippen LogP contribution in [0, 0.1) is 5.82 Å². The Morgan fingerprint density at radius 3 is 2.65 bits per heavy atom. The third-order valence-electron chi connectivity index (χ3n) is 4.09. The maximum Gasteiger partial charge on any atom is 0.212 e. The number of hydrogen-bond acceptors (Lipinski definition) is 4. The molecule has 0 radical (unpaired) electrons. The summed E-state index contributed by atoms with van der Waals surface area (Å²) in [4.78, 5) is 2.08. The number of nitrogens with one attached hydrogen (secondary N) is 1. The number of aliphatic hydroxyl groups excluding tert-OH is 1. The zero-order chi connectivity index (χ0) is 17.0. The molecule has 1 aromatic rings. The molecule has 1 unspecified atom stereocenters. The molecular weight excluding hydrogens is 319 g/mol. The predicted octanol–water partition coefficient (Wildman–Crippen LogP) is 2.18. The van der Waals surface area contributed by atoms with Crippen LogP contribution in [0.5, 0.6) is 0 Å². The minimum Gasteiger partial charge on any atom is -0.393 e. The van der Waals surface area contributed by atoms with Crippen LogP contribution in [0.25, 0.3) is 0 Å². The molecule has 1 aliphatic rings. The van der Waals surface area contributed by atoms with Crippen molar-refractivity contribution in [2.75, 3.05) is 23.7 Å². The smallest absolute Gasteiger partial charge is 0.212 e. The summed E-state index contributed by atoms with van der Waals surface area (Å²) in [6, 6.07) is 3.95. The van der Waals surface area contributed by atoms with Gasteiger partial charge in [-0.15, -0.1) is 0 Å². The Morgan fingerprint density at radius 1 is 1.39 bits per heavy atom. The number of anilines is 1. The van der Waals surface area contributed by atoms with E-state index in [1.54, 1.807) is 19.9 Å². The summed E-state index contributed by atoms with van der Waals surface area (Å²) < 4.78 is 40.3. The van der Waals surface area contributed by atoms with Gasteiger partial charge >= 0.3 is 0 Å². The lowest BCUT2D eigenvalue weighted by Gasteiger charge is -2.34. The van der Waals surface area contributed by atoms with Gasteiger partial charge in [-0.1, -0.05) is 6.92 Å². The summed E-state index contributed by atoms with van der Waals surface area (Å²) in [5.41, 5.74) is 1.45. The van der Waals surface area contributed by atoms with Crippen molar-refractivity contribution in [2.45, 2.75) is 45.3 Å². The van der Waals surface area contributed by atoms with E-state index in [1.165, 1.54) is 12.1 Å². The molecule has 130 valence electrons. The van der Waals surface area contributed by atoms with Crippen LogP contribution in [0.3, 0.4) is 0 Å². The van der Waals surface area contributed by atoms with Crippen molar-refractivity contribution in [1.29, 1.82) is 0 Å². The molecule has 1 atom stereocenters. The fraction of sp³-hybridized carbons (Fsp3) is 0.625. The first-order chi connectivity index (χ1) is 10.8. The van der Waals surface area contributed by atoms with Gasteiger partial charge in [-0.05, 0) is 49.9 Å². The third-order valence-corrected chi connectivity index (χ3v) is 5.75. The van der Waals surface area contributed by atoms with Gasteiger partial charge in [0.25, 0.3) is 0 Å². The highest BCUT2D eigenvalue weighted by atomic mass is 32.2. The van der Waals surface area contributed by atoms with Gasteiger partial charge in [-0.3, -0.25) is 0 Å². The largest absolute Gasteiger partial charge is 0.393 e. The second-order valence-corrected chi connectivity index (χ2v) is 7.95. The van der Waals surface area contributed by atoms with Crippen molar-refractivity contribution >= 4 is 15.7 Å². The second kappa shape index (κ2) is 7.59. The molecule has 1 aromatic carbocycles. The molecule has 1 heterocycles. The number of benzene rings is 1. The van der Waals surface area contributed by atoms with Crippen LogP contribution in [-0.4, -0.2) is 38.5 Å². The van der Waals surface area contributed by atoms with Gasteiger partial charge < -0.3 is 10.0 Å². The van der Waals surface area contributed by atoms with Gasteiger partial charge in [0.05, 0.1) is 11.9 Å². The van der Waals surface area contributed by atoms with Crippen molar-refractivity contribution in [3.63, 3.8) is 0 Å². The number of hydrogen-bond donors (Lipinski definition) is 2. The van der Waals surface area contributed by atoms with E-state index in [2.05, 4.69) is 9.62 Å². The standard InChI is InChI=1S/C16H25FN2O3S/c1-3-10-23(21,22)18-12(2)15-11-13(17)4-5-16(15)19-8-6-14(20)7-9-19/h4-5,11-12,14,18,20H,3,6-10H2,1-2H3. The van der Waals surface area contributed by atoms with Crippen molar-refractivity contribution in [3.05, 3.63) is 29.6 Å². The highest BCUT2D eigenvalue weighted by Crippen LogP contribution is 2.30. The summed E-state index contributed by atoms with van der Waals surface area (Å²) in [6.45, 7) is 4.88. The normalized spacial score (nSPS) is 18.2. The molecular formula is C16H25FN2O3S. The lowest BCUT2D eigenvalue weighted by molar-refractivity contribution is 0.145. The molecule has 1 saturated heterocycles. The zero-order valence-electron chi connectivity index (χ0n) is 13.6. The Bertz CT molecular complexity index is 628. The number of rotatable bonds is 6. The summed E-state index contributed by atoms with van der Waals surface area (Å²) in [7, 11) is -3.38. The molecule has 0 spiro atoms. The van der Waals surface area contributed by atoms with Crippen LogP contribution in [-0.2, 0) is 10.0 Å². The van der Waals surface area contributed by atoms with Crippen LogP contribution < -0.4 is 9.62 Å². The van der Waals surface area contributed by atoms with Gasteiger partial charge in [0, 0.05) is 24.8 Å². The van der Waals surface area contributed by atoms with Crippen LogP contribution in [0.15, 0.2) is 18.2 Å². The number of halogens is 1. The average Bonchev–Trinajstić information content (AvgIpc) is 2.47. The van der Waals surface area contributed by atoms with Crippen molar-refractivity contribution in [1.82, 2.24) is 4.72 Å². The molecule has 0 saturated carbocycles. The predicted molar refractivity (Wildman–Crippen MR) is 89.5 cm³/mol. The van der Waals surface area contributed by atoms with Gasteiger partial charge in [0.1, 0.15) is 5.82 Å². The number of piperidine rings is 1. The number of aliphatic hydroxyl groups is 1. The number of nitrogens with zero attached hydrogens (tertiary/aromatic N) is 1. The lowest BCUT2D eigenvalue weighted by Crippen LogP contribution is -2.37. The molecule has 1 aliphatic heterocycles. The molecule has 23 heavy (non-hydrogen) atoms. The van der Waals surface area contributed by atoms with Crippen LogP contribution in [0.2, 0.25) is 0 Å². The van der Waals surface area contributed by atoms with E-state index in [9.17, 15) is 17.9 Å². The van der Waals surface area contributed by atoms with E-state index in [4.69, 9.17) is 0 Å². The Kier molecular flexibility index (Phi) is 6.00. The van der Waals surface area contributed by atoms with Crippen LogP contribution >= 0.6 is 0 Å². The van der Waals surface area contributed by atoms with E-state index in [0.29, 0.717) is 37.9 Å². The quantitative estimate of drug-likeness (QED) is 0.830. The van der Waals surface area contributed by atoms with E-state index < -0.39 is 16.1 Å². The van der Waals surface area contributed by atoms with Crippen molar-refractivity contribution < 1.29 is 17.9 Å². The van der Waals surface area contributed by atoms with Crippen LogP contribution in [0.1, 0.15) is 44.7 Å². The number of sulfonamides is 1. The Labute approximate surface area is 137 Å². The Hall–Kier alpha value is -1.18. The first-order valence-electron chi connectivity index (χ1n) is 8.05. The summed E-state index contributed by atoms with van der Waals surface area (Å²) in [5, 5.41) is 9.63. The first-order valence-corrected chi connectivity index (χ1v) is 9.70. The minimum absolute atomic E-state index is 0.0535. The fourth-order valence-corrected chi connectivity index (χ4v) is 4.25. The fourth-order valence-electron chi connectivity index (χ4n) is 2.93. The summed E-state index contributed by atoms with van der Waals surface area (Å²) in [6.07, 6.45) is 1.55. The molecule has 7 heteroatoms. The molecule has 2 rings (SSSR count). The van der Waals surface area contributed by atoms with E-state index in [-0.39, 0.29) is 17.7 Å². The molecule has 5 nitrogen and oxygen atoms in total. The molecule has 0 amide bonds. The maximum absolute atomic E-state index is 13.7. The van der Waals surface area contributed by atoms with E-state index in [1.807, 2.05) is 0 Å². The molecule has 0 aromatic heterocycles. The highest BCUT2D eigenvalue weighted by molar-refractivity contribution is 7.89. The average molecular weight is 344 g/mol. The molecule has 1 fully saturated rings. The van der Waals surface area contributed by atoms with Gasteiger partial charge in [-0.2, -0.15) is 0 Å². The topological polar surface area (TPSA) is 69.6 Å². The zero-order valence-corrected chi connectivity index (χ0v) is 14.4. The minimum atomic E-state index is -3.38. The van der Waals surface area contributed by atoms with E-state index in [0.717, 1.165) is 5.69 Å². The van der Waals surface area contributed by atoms with Gasteiger partial charge in [0.15, 0.2) is 0 Å². The SMILES string of the molecule is CCCS(=O)(=O)NC(C)c1cc(F)ccc1N1CCC(O)CC1. The van der Waals surface area contributed by atoms with Gasteiger partial charge in [0.2, 0.25) is 10.0 Å². The lowest BCUT2D eigenvalue weighted by atomic mass is 10.0. The molecule has 0 bridgehead atoms. The summed E-state index contributed by atoms with van der Waals surface area (Å²) >= 11 is 0. The Morgan fingerprint density at radius 2 is 2.04 bits per heavy atom. The highest BCUT2D eigenvalue weighted by Gasteiger charge is 2.23. The summed E-state index contributed by atoms with van der Waals surface area (Å²) in [5.74, 6) is -0.333.